The minimum absolute atomic E-state index is 0.0988. The molecule has 0 aliphatic heterocycles. The Kier molecular flexibility index (Phi) is 7.61. The molecule has 0 radical (unpaired) electrons. The number of nitrogens with one attached hydrogen (secondary N) is 1. The van der Waals surface area contributed by atoms with Crippen molar-refractivity contribution in [1.82, 2.24) is 5.32 Å². The monoisotopic (exact) mass is 321 g/mol. The molecule has 19 heavy (non-hydrogen) atoms. The number of amides is 1. The van der Waals surface area contributed by atoms with Gasteiger partial charge in [0.1, 0.15) is 0 Å². The molecule has 1 atom stereocenters. The highest BCUT2D eigenvalue weighted by atomic mass is 35.5. The van der Waals surface area contributed by atoms with Gasteiger partial charge in [0, 0.05) is 18.6 Å². The molecule has 0 aromatic heterocycles. The van der Waals surface area contributed by atoms with Gasteiger partial charge in [0.25, 0.3) is 5.91 Å². The fraction of sp³-hybridized carbons (Fsp3) is 0.462. The van der Waals surface area contributed by atoms with Gasteiger partial charge >= 0.3 is 0 Å². The van der Waals surface area contributed by atoms with Gasteiger partial charge in [-0.3, -0.25) is 4.79 Å². The third-order valence-electron chi connectivity index (χ3n) is 2.51. The van der Waals surface area contributed by atoms with E-state index >= 15 is 0 Å². The largest absolute Gasteiger partial charge is 0.383 e. The average Bonchev–Trinajstić information content (AvgIpc) is 2.39. The number of rotatable bonds is 7. The van der Waals surface area contributed by atoms with Gasteiger partial charge in [-0.05, 0) is 30.9 Å². The smallest absolute Gasteiger partial charge is 0.252 e. The van der Waals surface area contributed by atoms with E-state index < -0.39 is 0 Å². The second-order valence-corrected chi connectivity index (χ2v) is 5.85. The van der Waals surface area contributed by atoms with Gasteiger partial charge in [0.05, 0.1) is 22.6 Å². The number of hydrogen-bond donors (Lipinski definition) is 1. The third kappa shape index (κ3) is 5.61. The van der Waals surface area contributed by atoms with Crippen LogP contribution in [0.4, 0.5) is 0 Å². The van der Waals surface area contributed by atoms with Crippen LogP contribution in [0.2, 0.25) is 5.02 Å². The summed E-state index contributed by atoms with van der Waals surface area (Å²) < 4.78 is 4.93. The number of benzene rings is 1. The Bertz CT molecular complexity index is 429. The first-order valence-electron chi connectivity index (χ1n) is 5.83. The van der Waals surface area contributed by atoms with E-state index in [0.29, 0.717) is 30.2 Å². The molecule has 6 heteroatoms. The molecule has 0 aliphatic carbocycles. The van der Waals surface area contributed by atoms with Crippen molar-refractivity contribution in [3.8, 4) is 0 Å². The van der Waals surface area contributed by atoms with Crippen LogP contribution in [0.15, 0.2) is 23.1 Å². The molecule has 3 nitrogen and oxygen atoms in total. The lowest BCUT2D eigenvalue weighted by Crippen LogP contribution is -2.27. The molecule has 1 unspecified atom stereocenters. The number of methoxy groups -OCH3 is 1. The quantitative estimate of drug-likeness (QED) is 0.617. The number of hydrogen-bond acceptors (Lipinski definition) is 3. The van der Waals surface area contributed by atoms with Crippen molar-refractivity contribution in [3.63, 3.8) is 0 Å². The van der Waals surface area contributed by atoms with Crippen molar-refractivity contribution < 1.29 is 9.53 Å². The van der Waals surface area contributed by atoms with E-state index in [2.05, 4.69) is 5.32 Å². The van der Waals surface area contributed by atoms with E-state index in [0.717, 1.165) is 4.90 Å². The lowest BCUT2D eigenvalue weighted by Gasteiger charge is -2.10. The zero-order valence-corrected chi connectivity index (χ0v) is 13.2. The maximum Gasteiger partial charge on any atom is 0.252 e. The van der Waals surface area contributed by atoms with Gasteiger partial charge in [-0.2, -0.15) is 0 Å². The molecule has 1 N–H and O–H groups in total. The summed E-state index contributed by atoms with van der Waals surface area (Å²) in [5.41, 5.74) is 0.492. The Balaban J connectivity index is 2.53. The lowest BCUT2D eigenvalue weighted by atomic mass is 10.2. The number of halogens is 2. The summed E-state index contributed by atoms with van der Waals surface area (Å²) in [6, 6.07) is 5.41. The van der Waals surface area contributed by atoms with E-state index in [-0.39, 0.29) is 11.3 Å². The van der Waals surface area contributed by atoms with Gasteiger partial charge in [0.15, 0.2) is 0 Å². The summed E-state index contributed by atoms with van der Waals surface area (Å²) in [4.78, 5) is 13.0. The molecule has 0 saturated heterocycles. The van der Waals surface area contributed by atoms with Crippen LogP contribution in [-0.4, -0.2) is 37.8 Å². The Labute approximate surface area is 128 Å². The first-order valence-corrected chi connectivity index (χ1v) is 7.87. The number of carbonyl (C=O) groups excluding carboxylic acids is 1. The molecule has 0 bridgehead atoms. The topological polar surface area (TPSA) is 38.3 Å². The summed E-state index contributed by atoms with van der Waals surface area (Å²) in [7, 11) is 1.60. The predicted molar refractivity (Wildman–Crippen MR) is 81.7 cm³/mol. The average molecular weight is 322 g/mol. The number of thioether (sulfide) groups is 1. The van der Waals surface area contributed by atoms with Crippen LogP contribution in [0.1, 0.15) is 16.8 Å². The van der Waals surface area contributed by atoms with Crippen LogP contribution in [0.3, 0.4) is 0 Å². The lowest BCUT2D eigenvalue weighted by molar-refractivity contribution is 0.0951. The fourth-order valence-electron chi connectivity index (χ4n) is 1.51. The molecule has 0 saturated carbocycles. The summed E-state index contributed by atoms with van der Waals surface area (Å²) in [6.45, 7) is 0.969. The Morgan fingerprint density at radius 1 is 1.53 bits per heavy atom. The normalized spacial score (nSPS) is 12.2. The second kappa shape index (κ2) is 8.69. The number of ether oxygens (including phenoxy) is 1. The van der Waals surface area contributed by atoms with Crippen molar-refractivity contribution in [1.29, 1.82) is 0 Å². The van der Waals surface area contributed by atoms with Crippen molar-refractivity contribution in [2.75, 3.05) is 26.5 Å². The number of carbonyl (C=O) groups is 1. The molecule has 0 spiro atoms. The Morgan fingerprint density at radius 3 is 2.89 bits per heavy atom. The molecule has 0 heterocycles. The standard InChI is InChI=1S/C13H17Cl2NO2S/c1-18-8-9(14)5-6-16-13(17)11-7-10(19-2)3-4-12(11)15/h3-4,7,9H,5-6,8H2,1-2H3,(H,16,17). The summed E-state index contributed by atoms with van der Waals surface area (Å²) in [6.07, 6.45) is 2.61. The highest BCUT2D eigenvalue weighted by Crippen LogP contribution is 2.22. The van der Waals surface area contributed by atoms with Gasteiger partial charge in [-0.25, -0.2) is 0 Å². The molecule has 0 fully saturated rings. The zero-order chi connectivity index (χ0) is 14.3. The van der Waals surface area contributed by atoms with E-state index in [1.807, 2.05) is 12.3 Å². The van der Waals surface area contributed by atoms with Crippen LogP contribution < -0.4 is 5.32 Å². The highest BCUT2D eigenvalue weighted by molar-refractivity contribution is 7.98. The minimum Gasteiger partial charge on any atom is -0.383 e. The van der Waals surface area contributed by atoms with Gasteiger partial charge < -0.3 is 10.1 Å². The Hall–Kier alpha value is -0.420. The maximum atomic E-state index is 12.0. The second-order valence-electron chi connectivity index (χ2n) is 3.94. The van der Waals surface area contributed by atoms with Crippen molar-refractivity contribution in [2.45, 2.75) is 16.7 Å². The SMILES string of the molecule is COCC(Cl)CCNC(=O)c1cc(SC)ccc1Cl. The summed E-state index contributed by atoms with van der Waals surface area (Å²) >= 11 is 13.6. The van der Waals surface area contributed by atoms with Gasteiger partial charge in [-0.1, -0.05) is 11.6 Å². The molecule has 1 rings (SSSR count). The van der Waals surface area contributed by atoms with E-state index in [9.17, 15) is 4.79 Å². The van der Waals surface area contributed by atoms with E-state index in [4.69, 9.17) is 27.9 Å². The molecule has 1 amide bonds. The first-order chi connectivity index (χ1) is 9.08. The van der Waals surface area contributed by atoms with Crippen LogP contribution in [0, 0.1) is 0 Å². The minimum atomic E-state index is -0.179. The van der Waals surface area contributed by atoms with Crippen molar-refractivity contribution in [3.05, 3.63) is 28.8 Å². The molecule has 0 aliphatic rings. The molecule has 106 valence electrons. The first kappa shape index (κ1) is 16.6. The summed E-state index contributed by atoms with van der Waals surface area (Å²) in [5, 5.41) is 3.16. The molecule has 1 aromatic rings. The summed E-state index contributed by atoms with van der Waals surface area (Å²) in [5.74, 6) is -0.179. The molecule has 1 aromatic carbocycles. The van der Waals surface area contributed by atoms with E-state index in [1.54, 1.807) is 31.0 Å². The van der Waals surface area contributed by atoms with Crippen LogP contribution in [-0.2, 0) is 4.74 Å². The molecular weight excluding hydrogens is 305 g/mol. The number of alkyl halides is 1. The Morgan fingerprint density at radius 2 is 2.26 bits per heavy atom. The maximum absolute atomic E-state index is 12.0. The third-order valence-corrected chi connectivity index (χ3v) is 3.91. The van der Waals surface area contributed by atoms with Crippen LogP contribution in [0.25, 0.3) is 0 Å². The van der Waals surface area contributed by atoms with Crippen molar-refractivity contribution in [2.24, 2.45) is 0 Å². The van der Waals surface area contributed by atoms with Crippen LogP contribution >= 0.6 is 35.0 Å². The van der Waals surface area contributed by atoms with E-state index in [1.165, 1.54) is 0 Å². The van der Waals surface area contributed by atoms with Gasteiger partial charge in [-0.15, -0.1) is 23.4 Å². The highest BCUT2D eigenvalue weighted by Gasteiger charge is 2.11. The van der Waals surface area contributed by atoms with Gasteiger partial charge in [0.2, 0.25) is 0 Å². The van der Waals surface area contributed by atoms with Crippen LogP contribution in [0.5, 0.6) is 0 Å². The zero-order valence-electron chi connectivity index (χ0n) is 10.9. The predicted octanol–water partition coefficient (Wildman–Crippen LogP) is 3.44. The molecular formula is C13H17Cl2NO2S. The van der Waals surface area contributed by atoms with Crippen molar-refractivity contribution >= 4 is 40.9 Å². The fourth-order valence-corrected chi connectivity index (χ4v) is 2.39.